The van der Waals surface area contributed by atoms with Gasteiger partial charge in [0.05, 0.1) is 6.54 Å². The summed E-state index contributed by atoms with van der Waals surface area (Å²) in [6.45, 7) is 4.77. The van der Waals surface area contributed by atoms with Crippen LogP contribution in [0.3, 0.4) is 0 Å². The van der Waals surface area contributed by atoms with Crippen molar-refractivity contribution in [3.63, 3.8) is 0 Å². The topological polar surface area (TPSA) is 70.7 Å². The predicted octanol–water partition coefficient (Wildman–Crippen LogP) is 3.44. The minimum atomic E-state index is -0.0127. The quantitative estimate of drug-likeness (QED) is 0.648. The van der Waals surface area contributed by atoms with Crippen LogP contribution in [0.1, 0.15) is 41.3 Å². The third-order valence-corrected chi connectivity index (χ3v) is 3.86. The molecule has 3 N–H and O–H groups in total. The Bertz CT molecular complexity index is 749. The van der Waals surface area contributed by atoms with Crippen LogP contribution < -0.4 is 11.1 Å². The lowest BCUT2D eigenvalue weighted by molar-refractivity contribution is 0.0827. The Balaban J connectivity index is 1.99. The molecule has 2 aromatic rings. The maximum Gasteiger partial charge on any atom is 0.253 e. The standard InChI is InChI=1S/C20H26N4O/c1-14(2)17-6-5-7-18(12-17)23-20(21)22-13-15-8-10-16(11-9-15)19(25)24(3)4/h5-12,14H,13H2,1-4H3,(H3,21,22,23). The van der Waals surface area contributed by atoms with Gasteiger partial charge < -0.3 is 16.0 Å². The summed E-state index contributed by atoms with van der Waals surface area (Å²) in [5, 5.41) is 3.12. The molecular formula is C20H26N4O. The lowest BCUT2D eigenvalue weighted by Crippen LogP contribution is -2.22. The molecular weight excluding hydrogens is 312 g/mol. The molecule has 5 heteroatoms. The largest absolute Gasteiger partial charge is 0.370 e. The zero-order chi connectivity index (χ0) is 18.4. The average molecular weight is 338 g/mol. The highest BCUT2D eigenvalue weighted by Crippen LogP contribution is 2.18. The fourth-order valence-electron chi connectivity index (χ4n) is 2.35. The number of nitrogens with two attached hydrogens (primary N) is 1. The highest BCUT2D eigenvalue weighted by atomic mass is 16.2. The van der Waals surface area contributed by atoms with Gasteiger partial charge in [-0.25, -0.2) is 4.99 Å². The first-order valence-corrected chi connectivity index (χ1v) is 8.34. The number of anilines is 1. The third-order valence-electron chi connectivity index (χ3n) is 3.86. The SMILES string of the molecule is CC(C)c1cccc(NC(N)=NCc2ccc(C(=O)N(C)C)cc2)c1. The summed E-state index contributed by atoms with van der Waals surface area (Å²) in [6, 6.07) is 15.6. The van der Waals surface area contributed by atoms with Crippen molar-refractivity contribution in [2.24, 2.45) is 10.7 Å². The van der Waals surface area contributed by atoms with E-state index in [1.165, 1.54) is 5.56 Å². The van der Waals surface area contributed by atoms with Crippen LogP contribution in [-0.2, 0) is 6.54 Å². The number of carbonyl (C=O) groups is 1. The van der Waals surface area contributed by atoms with Crippen molar-refractivity contribution in [1.82, 2.24) is 4.90 Å². The first-order chi connectivity index (χ1) is 11.9. The van der Waals surface area contributed by atoms with Crippen LogP contribution in [-0.4, -0.2) is 30.9 Å². The van der Waals surface area contributed by atoms with Gasteiger partial charge in [0.25, 0.3) is 5.91 Å². The molecule has 0 aliphatic carbocycles. The Morgan fingerprint density at radius 2 is 1.84 bits per heavy atom. The summed E-state index contributed by atoms with van der Waals surface area (Å²) in [5.74, 6) is 0.818. The number of hydrogen-bond donors (Lipinski definition) is 2. The molecule has 0 aliphatic rings. The molecule has 132 valence electrons. The van der Waals surface area contributed by atoms with E-state index in [4.69, 9.17) is 5.73 Å². The Labute approximate surface area is 149 Å². The van der Waals surface area contributed by atoms with E-state index >= 15 is 0 Å². The molecule has 0 spiro atoms. The van der Waals surface area contributed by atoms with Crippen molar-refractivity contribution in [3.8, 4) is 0 Å². The summed E-state index contributed by atoms with van der Waals surface area (Å²) in [4.78, 5) is 17.8. The maximum absolute atomic E-state index is 11.9. The zero-order valence-electron chi connectivity index (χ0n) is 15.3. The van der Waals surface area contributed by atoms with E-state index in [9.17, 15) is 4.79 Å². The number of benzene rings is 2. The minimum absolute atomic E-state index is 0.0127. The first kappa shape index (κ1) is 18.5. The summed E-state index contributed by atoms with van der Waals surface area (Å²) >= 11 is 0. The molecule has 5 nitrogen and oxygen atoms in total. The highest BCUT2D eigenvalue weighted by molar-refractivity contribution is 5.94. The Hall–Kier alpha value is -2.82. The first-order valence-electron chi connectivity index (χ1n) is 8.34. The minimum Gasteiger partial charge on any atom is -0.370 e. The monoisotopic (exact) mass is 338 g/mol. The van der Waals surface area contributed by atoms with Crippen LogP contribution in [0.4, 0.5) is 5.69 Å². The van der Waals surface area contributed by atoms with Crippen molar-refractivity contribution in [3.05, 3.63) is 65.2 Å². The fraction of sp³-hybridized carbons (Fsp3) is 0.300. The second kappa shape index (κ2) is 8.33. The summed E-state index contributed by atoms with van der Waals surface area (Å²) < 4.78 is 0. The molecule has 0 saturated heterocycles. The van der Waals surface area contributed by atoms with Crippen LogP contribution >= 0.6 is 0 Å². The van der Waals surface area contributed by atoms with Gasteiger partial charge in [-0.2, -0.15) is 0 Å². The fourth-order valence-corrected chi connectivity index (χ4v) is 2.35. The molecule has 1 amide bonds. The molecule has 0 heterocycles. The lowest BCUT2D eigenvalue weighted by Gasteiger charge is -2.11. The van der Waals surface area contributed by atoms with Gasteiger partial charge >= 0.3 is 0 Å². The summed E-state index contributed by atoms with van der Waals surface area (Å²) in [6.07, 6.45) is 0. The van der Waals surface area contributed by atoms with E-state index in [0.717, 1.165) is 11.3 Å². The normalized spacial score (nSPS) is 11.5. The van der Waals surface area contributed by atoms with Gasteiger partial charge in [0, 0.05) is 25.3 Å². The molecule has 0 aromatic heterocycles. The summed E-state index contributed by atoms with van der Waals surface area (Å²) in [7, 11) is 3.47. The molecule has 2 aromatic carbocycles. The molecule has 25 heavy (non-hydrogen) atoms. The molecule has 2 rings (SSSR count). The van der Waals surface area contributed by atoms with E-state index in [2.05, 4.69) is 36.3 Å². The van der Waals surface area contributed by atoms with Gasteiger partial charge in [0.2, 0.25) is 0 Å². The number of hydrogen-bond acceptors (Lipinski definition) is 2. The molecule has 0 radical (unpaired) electrons. The van der Waals surface area contributed by atoms with Crippen molar-refractivity contribution in [2.75, 3.05) is 19.4 Å². The molecule has 0 aliphatic heterocycles. The third kappa shape index (κ3) is 5.35. The number of nitrogens with zero attached hydrogens (tertiary/aromatic N) is 2. The molecule has 0 unspecified atom stereocenters. The van der Waals surface area contributed by atoms with Crippen molar-refractivity contribution < 1.29 is 4.79 Å². The van der Waals surface area contributed by atoms with E-state index in [0.29, 0.717) is 24.0 Å². The smallest absolute Gasteiger partial charge is 0.253 e. The highest BCUT2D eigenvalue weighted by Gasteiger charge is 2.07. The van der Waals surface area contributed by atoms with Gasteiger partial charge in [-0.15, -0.1) is 0 Å². The van der Waals surface area contributed by atoms with Gasteiger partial charge in [-0.1, -0.05) is 38.1 Å². The molecule has 0 fully saturated rings. The van der Waals surface area contributed by atoms with Gasteiger partial charge in [0.1, 0.15) is 0 Å². The van der Waals surface area contributed by atoms with E-state index in [1.807, 2.05) is 36.4 Å². The number of guanidine groups is 1. The van der Waals surface area contributed by atoms with Crippen LogP contribution in [0.25, 0.3) is 0 Å². The number of rotatable bonds is 5. The number of carbonyl (C=O) groups excluding carboxylic acids is 1. The Morgan fingerprint density at radius 3 is 2.44 bits per heavy atom. The second-order valence-electron chi connectivity index (χ2n) is 6.50. The molecule has 0 saturated carbocycles. The second-order valence-corrected chi connectivity index (χ2v) is 6.50. The van der Waals surface area contributed by atoms with E-state index < -0.39 is 0 Å². The van der Waals surface area contributed by atoms with Crippen LogP contribution in [0.15, 0.2) is 53.5 Å². The van der Waals surface area contributed by atoms with E-state index in [1.54, 1.807) is 19.0 Å². The number of amides is 1. The van der Waals surface area contributed by atoms with Crippen LogP contribution in [0, 0.1) is 0 Å². The average Bonchev–Trinajstić information content (AvgIpc) is 2.60. The van der Waals surface area contributed by atoms with Gasteiger partial charge in [-0.05, 0) is 41.3 Å². The van der Waals surface area contributed by atoms with Crippen LogP contribution in [0.5, 0.6) is 0 Å². The maximum atomic E-state index is 11.9. The predicted molar refractivity (Wildman–Crippen MR) is 104 cm³/mol. The lowest BCUT2D eigenvalue weighted by atomic mass is 10.0. The summed E-state index contributed by atoms with van der Waals surface area (Å²) in [5.41, 5.74) is 9.81. The van der Waals surface area contributed by atoms with Crippen molar-refractivity contribution in [1.29, 1.82) is 0 Å². The van der Waals surface area contributed by atoms with Gasteiger partial charge in [-0.3, -0.25) is 4.79 Å². The van der Waals surface area contributed by atoms with Crippen molar-refractivity contribution >= 4 is 17.6 Å². The number of aliphatic imine (C=N–C) groups is 1. The zero-order valence-corrected chi connectivity index (χ0v) is 15.3. The van der Waals surface area contributed by atoms with Gasteiger partial charge in [0.15, 0.2) is 5.96 Å². The Kier molecular flexibility index (Phi) is 6.17. The van der Waals surface area contributed by atoms with E-state index in [-0.39, 0.29) is 5.91 Å². The Morgan fingerprint density at radius 1 is 1.16 bits per heavy atom. The molecule has 0 bridgehead atoms. The van der Waals surface area contributed by atoms with Crippen LogP contribution in [0.2, 0.25) is 0 Å². The van der Waals surface area contributed by atoms with Crippen molar-refractivity contribution in [2.45, 2.75) is 26.3 Å². The number of nitrogens with one attached hydrogen (secondary N) is 1. The molecule has 0 atom stereocenters.